The van der Waals surface area contributed by atoms with Gasteiger partial charge >= 0.3 is 5.97 Å². The van der Waals surface area contributed by atoms with Gasteiger partial charge in [0.2, 0.25) is 10.0 Å². The van der Waals surface area contributed by atoms with Gasteiger partial charge < -0.3 is 5.11 Å². The largest absolute Gasteiger partial charge is 0.481 e. The molecular formula is C19H22FNO4S. The van der Waals surface area contributed by atoms with Crippen LogP contribution >= 0.6 is 0 Å². The molecule has 2 rings (SSSR count). The molecule has 140 valence electrons. The molecule has 0 spiro atoms. The molecule has 1 atom stereocenters. The van der Waals surface area contributed by atoms with E-state index in [1.54, 1.807) is 12.1 Å². The van der Waals surface area contributed by atoms with Gasteiger partial charge in [0, 0.05) is 0 Å². The Bertz CT molecular complexity index is 869. The number of nitrogens with one attached hydrogen (secondary N) is 1. The van der Waals surface area contributed by atoms with E-state index in [9.17, 15) is 17.6 Å². The first-order valence-corrected chi connectivity index (χ1v) is 9.57. The summed E-state index contributed by atoms with van der Waals surface area (Å²) < 4.78 is 40.4. The van der Waals surface area contributed by atoms with Gasteiger partial charge in [-0.15, -0.1) is 0 Å². The number of hydrogen-bond acceptors (Lipinski definition) is 3. The summed E-state index contributed by atoms with van der Waals surface area (Å²) in [5.74, 6) is -1.68. The predicted octanol–water partition coefficient (Wildman–Crippen LogP) is 3.62. The van der Waals surface area contributed by atoms with E-state index in [0.717, 1.165) is 29.8 Å². The van der Waals surface area contributed by atoms with Gasteiger partial charge in [-0.3, -0.25) is 4.79 Å². The second-order valence-corrected chi connectivity index (χ2v) is 8.81. The molecule has 0 aliphatic heterocycles. The Hall–Kier alpha value is -2.25. The van der Waals surface area contributed by atoms with Crippen LogP contribution < -0.4 is 4.72 Å². The van der Waals surface area contributed by atoms with Crippen molar-refractivity contribution in [1.29, 1.82) is 0 Å². The number of carboxylic acid groups (broad SMARTS) is 1. The zero-order valence-electron chi connectivity index (χ0n) is 14.9. The maximum Gasteiger partial charge on any atom is 0.305 e. The average molecular weight is 379 g/mol. The molecule has 0 saturated carbocycles. The molecule has 5 nitrogen and oxygen atoms in total. The van der Waals surface area contributed by atoms with Crippen molar-refractivity contribution in [2.45, 2.75) is 43.5 Å². The van der Waals surface area contributed by atoms with E-state index in [0.29, 0.717) is 5.56 Å². The molecule has 0 heterocycles. The summed E-state index contributed by atoms with van der Waals surface area (Å²) in [6.07, 6.45) is -0.407. The summed E-state index contributed by atoms with van der Waals surface area (Å²) in [5.41, 5.74) is 1.52. The van der Waals surface area contributed by atoms with Gasteiger partial charge in [0.1, 0.15) is 5.82 Å². The fourth-order valence-corrected chi connectivity index (χ4v) is 3.71. The summed E-state index contributed by atoms with van der Waals surface area (Å²) in [6.45, 7) is 6.15. The van der Waals surface area contributed by atoms with Crippen LogP contribution in [0, 0.1) is 5.82 Å². The topological polar surface area (TPSA) is 83.5 Å². The van der Waals surface area contributed by atoms with Crippen molar-refractivity contribution in [3.63, 3.8) is 0 Å². The Morgan fingerprint density at radius 1 is 1.08 bits per heavy atom. The summed E-state index contributed by atoms with van der Waals surface area (Å²) in [7, 11) is -3.99. The van der Waals surface area contributed by atoms with E-state index in [4.69, 9.17) is 5.11 Å². The van der Waals surface area contributed by atoms with Crippen LogP contribution in [0.5, 0.6) is 0 Å². The Morgan fingerprint density at radius 3 is 2.08 bits per heavy atom. The molecule has 0 aromatic heterocycles. The van der Waals surface area contributed by atoms with Crippen molar-refractivity contribution in [3.05, 3.63) is 65.5 Å². The van der Waals surface area contributed by atoms with Crippen molar-refractivity contribution in [3.8, 4) is 0 Å². The first-order chi connectivity index (χ1) is 12.0. The fraction of sp³-hybridized carbons (Fsp3) is 0.316. The molecule has 26 heavy (non-hydrogen) atoms. The highest BCUT2D eigenvalue weighted by atomic mass is 32.2. The van der Waals surface area contributed by atoms with Crippen LogP contribution in [0.4, 0.5) is 4.39 Å². The van der Waals surface area contributed by atoms with Crippen molar-refractivity contribution < 1.29 is 22.7 Å². The second kappa shape index (κ2) is 7.55. The number of carboxylic acids is 1. The molecule has 2 aromatic rings. The van der Waals surface area contributed by atoms with Gasteiger partial charge in [-0.25, -0.2) is 17.5 Å². The van der Waals surface area contributed by atoms with E-state index < -0.39 is 34.3 Å². The highest BCUT2D eigenvalue weighted by molar-refractivity contribution is 7.89. The predicted molar refractivity (Wildman–Crippen MR) is 96.9 cm³/mol. The molecule has 2 N–H and O–H groups in total. The van der Waals surface area contributed by atoms with Crippen LogP contribution in [0.2, 0.25) is 0 Å². The molecule has 0 fully saturated rings. The van der Waals surface area contributed by atoms with Gasteiger partial charge in [0.15, 0.2) is 0 Å². The van der Waals surface area contributed by atoms with Gasteiger partial charge in [-0.1, -0.05) is 45.0 Å². The number of benzene rings is 2. The van der Waals surface area contributed by atoms with Crippen molar-refractivity contribution >= 4 is 16.0 Å². The lowest BCUT2D eigenvalue weighted by Gasteiger charge is -2.22. The van der Waals surface area contributed by atoms with E-state index in [2.05, 4.69) is 4.72 Å². The van der Waals surface area contributed by atoms with E-state index in [-0.39, 0.29) is 10.3 Å². The summed E-state index contributed by atoms with van der Waals surface area (Å²) in [5, 5.41) is 9.15. The third-order valence-corrected chi connectivity index (χ3v) is 5.47. The summed E-state index contributed by atoms with van der Waals surface area (Å²) in [4.78, 5) is 11.1. The first kappa shape index (κ1) is 20.1. The Morgan fingerprint density at radius 2 is 1.62 bits per heavy atom. The van der Waals surface area contributed by atoms with Crippen molar-refractivity contribution in [1.82, 2.24) is 4.72 Å². The first-order valence-electron chi connectivity index (χ1n) is 8.09. The summed E-state index contributed by atoms with van der Waals surface area (Å²) in [6, 6.07) is 10.6. The zero-order chi connectivity index (χ0) is 19.5. The van der Waals surface area contributed by atoms with Crippen LogP contribution in [-0.4, -0.2) is 19.5 Å². The molecule has 0 aliphatic carbocycles. The average Bonchev–Trinajstić information content (AvgIpc) is 2.53. The number of halogens is 1. The Kier molecular flexibility index (Phi) is 5.83. The van der Waals surface area contributed by atoms with Crippen LogP contribution in [0.1, 0.15) is 44.4 Å². The monoisotopic (exact) mass is 379 g/mol. The number of carbonyl (C=O) groups is 1. The van der Waals surface area contributed by atoms with E-state index in [1.807, 2.05) is 32.9 Å². The molecule has 2 aromatic carbocycles. The molecule has 7 heteroatoms. The third-order valence-electron chi connectivity index (χ3n) is 3.98. The number of rotatable bonds is 6. The molecule has 0 aliphatic rings. The fourth-order valence-electron chi connectivity index (χ4n) is 2.49. The third kappa shape index (κ3) is 5.12. The molecule has 0 bridgehead atoms. The highest BCUT2D eigenvalue weighted by Crippen LogP contribution is 2.26. The Balaban J connectivity index is 2.32. The maximum absolute atomic E-state index is 13.0. The van der Waals surface area contributed by atoms with Crippen LogP contribution in [0.15, 0.2) is 53.4 Å². The molecular weight excluding hydrogens is 357 g/mol. The van der Waals surface area contributed by atoms with E-state index >= 15 is 0 Å². The quantitative estimate of drug-likeness (QED) is 0.803. The molecule has 0 saturated heterocycles. The summed E-state index contributed by atoms with van der Waals surface area (Å²) >= 11 is 0. The number of aliphatic carboxylic acids is 1. The van der Waals surface area contributed by atoms with Gasteiger partial charge in [0.25, 0.3) is 0 Å². The minimum absolute atomic E-state index is 0.0750. The van der Waals surface area contributed by atoms with Gasteiger partial charge in [-0.2, -0.15) is 0 Å². The lowest BCUT2D eigenvalue weighted by atomic mass is 9.86. The normalized spacial score (nSPS) is 13.4. The number of sulfonamides is 1. The Labute approximate surface area is 152 Å². The molecule has 0 radical (unpaired) electrons. The van der Waals surface area contributed by atoms with Gasteiger partial charge in [-0.05, 0) is 40.8 Å². The lowest BCUT2D eigenvalue weighted by molar-refractivity contribution is -0.137. The van der Waals surface area contributed by atoms with E-state index in [1.165, 1.54) is 0 Å². The highest BCUT2D eigenvalue weighted by Gasteiger charge is 2.24. The standard InChI is InChI=1S/C19H22FNO4S/c1-19(2,3)14-6-4-13(5-7-14)17(12-18(22)23)21-26(24,25)16-10-8-15(20)9-11-16/h4-11,17,21H,12H2,1-3H3,(H,22,23). The van der Waals surface area contributed by atoms with Crippen LogP contribution in [-0.2, 0) is 20.2 Å². The minimum atomic E-state index is -3.99. The van der Waals surface area contributed by atoms with Crippen LogP contribution in [0.3, 0.4) is 0 Å². The van der Waals surface area contributed by atoms with Crippen molar-refractivity contribution in [2.24, 2.45) is 0 Å². The molecule has 0 amide bonds. The van der Waals surface area contributed by atoms with Crippen molar-refractivity contribution in [2.75, 3.05) is 0 Å². The lowest BCUT2D eigenvalue weighted by Crippen LogP contribution is -2.30. The zero-order valence-corrected chi connectivity index (χ0v) is 15.7. The minimum Gasteiger partial charge on any atom is -0.481 e. The van der Waals surface area contributed by atoms with Crippen LogP contribution in [0.25, 0.3) is 0 Å². The van der Waals surface area contributed by atoms with Gasteiger partial charge in [0.05, 0.1) is 17.4 Å². The molecule has 1 unspecified atom stereocenters. The maximum atomic E-state index is 13.0. The second-order valence-electron chi connectivity index (χ2n) is 7.10. The number of hydrogen-bond donors (Lipinski definition) is 2. The smallest absolute Gasteiger partial charge is 0.305 e. The SMILES string of the molecule is CC(C)(C)c1ccc(C(CC(=O)O)NS(=O)(=O)c2ccc(F)cc2)cc1.